The van der Waals surface area contributed by atoms with E-state index in [0.29, 0.717) is 4.47 Å². The van der Waals surface area contributed by atoms with Gasteiger partial charge in [0.2, 0.25) is 0 Å². The number of nitrogens with zero attached hydrogens (tertiary/aromatic N) is 2. The molecule has 6 nitrogen and oxygen atoms in total. The first kappa shape index (κ1) is 14.1. The van der Waals surface area contributed by atoms with E-state index in [-0.39, 0.29) is 17.1 Å². The van der Waals surface area contributed by atoms with Crippen LogP contribution in [0.5, 0.6) is 0 Å². The fourth-order valence-corrected chi connectivity index (χ4v) is 1.89. The normalized spacial score (nSPS) is 10.1. The summed E-state index contributed by atoms with van der Waals surface area (Å²) >= 11 is 3.14. The molecule has 0 saturated carbocycles. The van der Waals surface area contributed by atoms with Gasteiger partial charge in [-0.1, -0.05) is 0 Å². The van der Waals surface area contributed by atoms with Crippen molar-refractivity contribution in [3.63, 3.8) is 0 Å². The highest BCUT2D eigenvalue weighted by atomic mass is 79.9. The second-order valence-corrected chi connectivity index (χ2v) is 4.56. The van der Waals surface area contributed by atoms with Crippen LogP contribution in [0.3, 0.4) is 0 Å². The van der Waals surface area contributed by atoms with Crippen LogP contribution in [-0.2, 0) is 0 Å². The number of anilines is 1. The Morgan fingerprint density at radius 1 is 1.40 bits per heavy atom. The third-order valence-electron chi connectivity index (χ3n) is 2.38. The Morgan fingerprint density at radius 2 is 2.15 bits per heavy atom. The maximum atomic E-state index is 13.5. The SMILES string of the molecule is O=C(Nc1cc([N+](=O)[O-])ccc1F)c1ncccc1Br. The Hall–Kier alpha value is -2.35. The predicted molar refractivity (Wildman–Crippen MR) is 72.9 cm³/mol. The first-order chi connectivity index (χ1) is 9.49. The number of carbonyl (C=O) groups is 1. The molecular formula is C12H7BrFN3O3. The number of carbonyl (C=O) groups excluding carboxylic acids is 1. The maximum absolute atomic E-state index is 13.5. The Kier molecular flexibility index (Phi) is 4.04. The van der Waals surface area contributed by atoms with Crippen molar-refractivity contribution in [3.05, 3.63) is 62.6 Å². The number of aromatic nitrogens is 1. The molecule has 1 N–H and O–H groups in total. The maximum Gasteiger partial charge on any atom is 0.275 e. The molecule has 0 fully saturated rings. The van der Waals surface area contributed by atoms with Gasteiger partial charge in [-0.2, -0.15) is 0 Å². The number of amides is 1. The lowest BCUT2D eigenvalue weighted by Crippen LogP contribution is -2.15. The molecule has 0 radical (unpaired) electrons. The third-order valence-corrected chi connectivity index (χ3v) is 3.02. The molecule has 2 aromatic rings. The second kappa shape index (κ2) is 5.74. The summed E-state index contributed by atoms with van der Waals surface area (Å²) < 4.78 is 14.0. The van der Waals surface area contributed by atoms with E-state index in [2.05, 4.69) is 26.2 Å². The molecule has 0 bridgehead atoms. The zero-order valence-electron chi connectivity index (χ0n) is 9.84. The monoisotopic (exact) mass is 339 g/mol. The summed E-state index contributed by atoms with van der Waals surface area (Å²) in [6.45, 7) is 0. The summed E-state index contributed by atoms with van der Waals surface area (Å²) in [5.74, 6) is -1.44. The molecule has 102 valence electrons. The van der Waals surface area contributed by atoms with Crippen molar-refractivity contribution in [1.29, 1.82) is 0 Å². The van der Waals surface area contributed by atoms with Crippen molar-refractivity contribution in [2.45, 2.75) is 0 Å². The van der Waals surface area contributed by atoms with E-state index in [1.54, 1.807) is 12.1 Å². The molecule has 1 aromatic heterocycles. The summed E-state index contributed by atoms with van der Waals surface area (Å²) in [5, 5.41) is 12.9. The summed E-state index contributed by atoms with van der Waals surface area (Å²) in [6.07, 6.45) is 1.41. The smallest absolute Gasteiger partial charge is 0.275 e. The number of halogens is 2. The molecule has 2 rings (SSSR count). The van der Waals surface area contributed by atoms with Crippen LogP contribution in [0.1, 0.15) is 10.5 Å². The largest absolute Gasteiger partial charge is 0.318 e. The van der Waals surface area contributed by atoms with Gasteiger partial charge >= 0.3 is 0 Å². The molecule has 0 aliphatic carbocycles. The highest BCUT2D eigenvalue weighted by Gasteiger charge is 2.16. The zero-order chi connectivity index (χ0) is 14.7. The molecule has 1 aromatic carbocycles. The molecule has 0 saturated heterocycles. The number of non-ortho nitro benzene ring substituents is 1. The third kappa shape index (κ3) is 2.97. The Balaban J connectivity index is 2.30. The van der Waals surface area contributed by atoms with Crippen LogP contribution in [0.2, 0.25) is 0 Å². The minimum Gasteiger partial charge on any atom is -0.318 e. The van der Waals surface area contributed by atoms with Gasteiger partial charge in [0.05, 0.1) is 10.6 Å². The molecule has 0 atom stereocenters. The lowest BCUT2D eigenvalue weighted by atomic mass is 10.2. The van der Waals surface area contributed by atoms with Gasteiger partial charge in [0.15, 0.2) is 0 Å². The summed E-state index contributed by atoms with van der Waals surface area (Å²) in [4.78, 5) is 25.7. The number of nitro benzene ring substituents is 1. The number of benzene rings is 1. The topological polar surface area (TPSA) is 85.1 Å². The van der Waals surface area contributed by atoms with Gasteiger partial charge < -0.3 is 5.32 Å². The van der Waals surface area contributed by atoms with Crippen LogP contribution in [0, 0.1) is 15.9 Å². The van der Waals surface area contributed by atoms with E-state index in [1.165, 1.54) is 6.20 Å². The van der Waals surface area contributed by atoms with E-state index < -0.39 is 16.6 Å². The lowest BCUT2D eigenvalue weighted by Gasteiger charge is -2.06. The van der Waals surface area contributed by atoms with Crippen molar-refractivity contribution in [3.8, 4) is 0 Å². The number of nitro groups is 1. The van der Waals surface area contributed by atoms with Crippen molar-refractivity contribution in [1.82, 2.24) is 4.98 Å². The Bertz CT molecular complexity index is 693. The minimum absolute atomic E-state index is 0.0541. The fourth-order valence-electron chi connectivity index (χ4n) is 1.46. The number of nitrogens with one attached hydrogen (secondary N) is 1. The molecule has 0 unspecified atom stereocenters. The van der Waals surface area contributed by atoms with Gasteiger partial charge in [0, 0.05) is 22.8 Å². The van der Waals surface area contributed by atoms with E-state index in [0.717, 1.165) is 18.2 Å². The first-order valence-electron chi connectivity index (χ1n) is 5.35. The van der Waals surface area contributed by atoms with Gasteiger partial charge in [0.1, 0.15) is 11.5 Å². The van der Waals surface area contributed by atoms with Crippen LogP contribution in [0.4, 0.5) is 15.8 Å². The zero-order valence-corrected chi connectivity index (χ0v) is 11.4. The molecule has 8 heteroatoms. The van der Waals surface area contributed by atoms with Crippen molar-refractivity contribution >= 4 is 33.2 Å². The lowest BCUT2D eigenvalue weighted by molar-refractivity contribution is -0.384. The van der Waals surface area contributed by atoms with Gasteiger partial charge in [-0.05, 0) is 34.1 Å². The van der Waals surface area contributed by atoms with E-state index in [9.17, 15) is 19.3 Å². The summed E-state index contributed by atoms with van der Waals surface area (Å²) in [7, 11) is 0. The number of hydrogen-bond acceptors (Lipinski definition) is 4. The molecular weight excluding hydrogens is 333 g/mol. The van der Waals surface area contributed by atoms with Crippen molar-refractivity contribution < 1.29 is 14.1 Å². The van der Waals surface area contributed by atoms with Crippen LogP contribution >= 0.6 is 15.9 Å². The molecule has 0 spiro atoms. The van der Waals surface area contributed by atoms with Gasteiger partial charge in [0.25, 0.3) is 11.6 Å². The molecule has 1 heterocycles. The number of pyridine rings is 1. The van der Waals surface area contributed by atoms with E-state index in [4.69, 9.17) is 0 Å². The Morgan fingerprint density at radius 3 is 2.80 bits per heavy atom. The van der Waals surface area contributed by atoms with Crippen LogP contribution in [-0.4, -0.2) is 15.8 Å². The van der Waals surface area contributed by atoms with Gasteiger partial charge in [-0.15, -0.1) is 0 Å². The average molecular weight is 340 g/mol. The van der Waals surface area contributed by atoms with E-state index >= 15 is 0 Å². The second-order valence-electron chi connectivity index (χ2n) is 3.71. The van der Waals surface area contributed by atoms with Crippen molar-refractivity contribution in [2.75, 3.05) is 5.32 Å². The van der Waals surface area contributed by atoms with Gasteiger partial charge in [-0.3, -0.25) is 14.9 Å². The molecule has 20 heavy (non-hydrogen) atoms. The Labute approximate surface area is 120 Å². The number of rotatable bonds is 3. The summed E-state index contributed by atoms with van der Waals surface area (Å²) in [5.41, 5.74) is -0.540. The average Bonchev–Trinajstić information content (AvgIpc) is 2.41. The number of hydrogen-bond donors (Lipinski definition) is 1. The van der Waals surface area contributed by atoms with E-state index in [1.807, 2.05) is 0 Å². The fraction of sp³-hybridized carbons (Fsp3) is 0. The molecule has 0 aliphatic rings. The van der Waals surface area contributed by atoms with Crippen LogP contribution < -0.4 is 5.32 Å². The minimum atomic E-state index is -0.768. The predicted octanol–water partition coefficient (Wildman–Crippen LogP) is 3.14. The van der Waals surface area contributed by atoms with Crippen molar-refractivity contribution in [2.24, 2.45) is 0 Å². The highest BCUT2D eigenvalue weighted by Crippen LogP contribution is 2.22. The molecule has 0 aliphatic heterocycles. The highest BCUT2D eigenvalue weighted by molar-refractivity contribution is 9.10. The first-order valence-corrected chi connectivity index (χ1v) is 6.14. The van der Waals surface area contributed by atoms with Crippen LogP contribution in [0.25, 0.3) is 0 Å². The quantitative estimate of drug-likeness (QED) is 0.687. The molecule has 1 amide bonds. The van der Waals surface area contributed by atoms with Crippen LogP contribution in [0.15, 0.2) is 41.0 Å². The summed E-state index contributed by atoms with van der Waals surface area (Å²) in [6, 6.07) is 6.10. The standard InChI is InChI=1S/C12H7BrFN3O3/c13-8-2-1-5-15-11(8)12(18)16-10-6-7(17(19)20)3-4-9(10)14/h1-6H,(H,16,18). The van der Waals surface area contributed by atoms with Gasteiger partial charge in [-0.25, -0.2) is 9.37 Å².